The number of rotatable bonds is 43. The van der Waals surface area contributed by atoms with Gasteiger partial charge < -0.3 is 9.47 Å². The predicted molar refractivity (Wildman–Crippen MR) is 288 cm³/mol. The van der Waals surface area contributed by atoms with E-state index in [1.54, 1.807) is 30.9 Å². The molecule has 0 unspecified atom stereocenters. The summed E-state index contributed by atoms with van der Waals surface area (Å²) >= 11 is 0. The van der Waals surface area contributed by atoms with Crippen LogP contribution >= 0.6 is 0 Å². The first-order chi connectivity index (χ1) is 33.7. The summed E-state index contributed by atoms with van der Waals surface area (Å²) < 4.78 is 11.9. The highest BCUT2D eigenvalue weighted by Crippen LogP contribution is 2.21. The third kappa shape index (κ3) is 27.8. The van der Waals surface area contributed by atoms with Gasteiger partial charge in [0, 0.05) is 11.6 Å². The van der Waals surface area contributed by atoms with E-state index >= 15 is 0 Å². The minimum atomic E-state index is 0.510. The number of unbranched alkanes of at least 4 members (excludes halogenated alkanes) is 30. The zero-order valence-corrected chi connectivity index (χ0v) is 42.6. The lowest BCUT2D eigenvalue weighted by Crippen LogP contribution is -2.02. The van der Waals surface area contributed by atoms with Crippen LogP contribution in [0.4, 0.5) is 11.6 Å². The maximum absolute atomic E-state index is 5.97. The van der Waals surface area contributed by atoms with Crippen LogP contribution < -0.4 is 20.3 Å². The van der Waals surface area contributed by atoms with E-state index in [1.165, 1.54) is 193 Å². The Bertz CT molecular complexity index is 1730. The van der Waals surface area contributed by atoms with E-state index in [9.17, 15) is 0 Å². The van der Waals surface area contributed by atoms with Crippen LogP contribution in [0.2, 0.25) is 0 Å². The highest BCUT2D eigenvalue weighted by Gasteiger charge is 2.07. The van der Waals surface area contributed by atoms with Gasteiger partial charge in [0.25, 0.3) is 0 Å². The fourth-order valence-corrected chi connectivity index (χ4v) is 8.39. The minimum absolute atomic E-state index is 0.510. The fraction of sp³-hybridized carbons (Fsp3) is 0.621. The third-order valence-electron chi connectivity index (χ3n) is 12.6. The molecule has 0 aliphatic carbocycles. The topological polar surface area (TPSA) is 119 Å². The number of anilines is 2. The van der Waals surface area contributed by atoms with Crippen molar-refractivity contribution in [2.24, 2.45) is 10.2 Å². The van der Waals surface area contributed by atoms with Gasteiger partial charge in [0.05, 0.1) is 49.4 Å². The zero-order valence-electron chi connectivity index (χ0n) is 42.6. The Hall–Kier alpha value is -4.86. The van der Waals surface area contributed by atoms with E-state index < -0.39 is 0 Å². The zero-order chi connectivity index (χ0) is 47.6. The molecule has 0 saturated heterocycles. The summed E-state index contributed by atoms with van der Waals surface area (Å²) in [6.45, 7) is 6.00. The Morgan fingerprint density at radius 3 is 1.07 bits per heavy atom. The van der Waals surface area contributed by atoms with E-state index in [-0.39, 0.29) is 0 Å². The standard InChI is InChI=1S/C58H90N8O2/c1-3-5-7-9-11-13-15-17-19-21-23-25-27-29-31-36-44-67-54-42-40-52(59-49-54)47-61-65-56-46-57(64-58(63-56)51-38-34-33-35-39-51)66-62-48-53-41-43-55(50-60-53)68-45-37-32-30-28-26-24-22-20-18-16-14-12-10-8-6-4-2/h33-35,38-43,46-50H,3-32,36-37,44-45H2,1-2H3,(H2,63,64,65,66)/b61-47+,62-48+. The molecule has 1 aromatic carbocycles. The number of ether oxygens (including phenoxy) is 2. The molecule has 4 aromatic rings. The molecule has 0 amide bonds. The van der Waals surface area contributed by atoms with E-state index in [0.717, 1.165) is 29.9 Å². The number of nitrogens with one attached hydrogen (secondary N) is 2. The summed E-state index contributed by atoms with van der Waals surface area (Å²) in [4.78, 5) is 18.4. The van der Waals surface area contributed by atoms with Crippen LogP contribution in [0, 0.1) is 0 Å². The molecule has 0 spiro atoms. The van der Waals surface area contributed by atoms with Crippen LogP contribution in [0.1, 0.15) is 231 Å². The normalized spacial score (nSPS) is 11.5. The summed E-state index contributed by atoms with van der Waals surface area (Å²) in [6, 6.07) is 19.3. The SMILES string of the molecule is CCCCCCCCCCCCCCCCCCOc1ccc(/C=N/Nc2cc(N/N=C/c3ccc(OCCCCCCCCCCCCCCCCCC)cn3)nc(-c3ccccc3)n2)nc1. The molecule has 10 nitrogen and oxygen atoms in total. The van der Waals surface area contributed by atoms with Crippen LogP contribution in [-0.2, 0) is 0 Å². The lowest BCUT2D eigenvalue weighted by atomic mass is 10.0. The first-order valence-electron chi connectivity index (χ1n) is 27.4. The molecule has 0 fully saturated rings. The van der Waals surface area contributed by atoms with Crippen molar-refractivity contribution in [3.8, 4) is 22.9 Å². The molecular formula is C58H90N8O2. The Balaban J connectivity index is 1.07. The Morgan fingerprint density at radius 2 is 0.750 bits per heavy atom. The van der Waals surface area contributed by atoms with E-state index in [4.69, 9.17) is 19.4 Å². The Morgan fingerprint density at radius 1 is 0.412 bits per heavy atom. The highest BCUT2D eigenvalue weighted by molar-refractivity contribution is 5.78. The quantitative estimate of drug-likeness (QED) is 0.0256. The van der Waals surface area contributed by atoms with Gasteiger partial charge in [0.15, 0.2) is 17.5 Å². The largest absolute Gasteiger partial charge is 0.492 e. The van der Waals surface area contributed by atoms with Gasteiger partial charge in [-0.05, 0) is 37.1 Å². The molecule has 0 bridgehead atoms. The maximum atomic E-state index is 5.97. The summed E-state index contributed by atoms with van der Waals surface area (Å²) in [5.41, 5.74) is 8.36. The molecule has 374 valence electrons. The van der Waals surface area contributed by atoms with Crippen molar-refractivity contribution >= 4 is 24.1 Å². The van der Waals surface area contributed by atoms with E-state index in [1.807, 2.05) is 54.6 Å². The second-order valence-electron chi connectivity index (χ2n) is 18.7. The van der Waals surface area contributed by atoms with Gasteiger partial charge in [-0.2, -0.15) is 10.2 Å². The lowest BCUT2D eigenvalue weighted by Gasteiger charge is -2.08. The molecule has 0 atom stereocenters. The maximum Gasteiger partial charge on any atom is 0.163 e. The molecule has 0 saturated carbocycles. The van der Waals surface area contributed by atoms with E-state index in [2.05, 4.69) is 44.9 Å². The summed E-state index contributed by atoms with van der Waals surface area (Å²) in [7, 11) is 0. The summed E-state index contributed by atoms with van der Waals surface area (Å²) in [5, 5.41) is 8.83. The summed E-state index contributed by atoms with van der Waals surface area (Å²) in [6.07, 6.45) is 50.4. The van der Waals surface area contributed by atoms with Crippen molar-refractivity contribution < 1.29 is 9.47 Å². The first kappa shape index (κ1) is 55.7. The fourth-order valence-electron chi connectivity index (χ4n) is 8.39. The average Bonchev–Trinajstić information content (AvgIpc) is 3.37. The lowest BCUT2D eigenvalue weighted by molar-refractivity contribution is 0.303. The smallest absolute Gasteiger partial charge is 0.163 e. The molecule has 10 heteroatoms. The van der Waals surface area contributed by atoms with Gasteiger partial charge in [0.2, 0.25) is 0 Å². The van der Waals surface area contributed by atoms with Crippen LogP contribution in [0.5, 0.6) is 11.5 Å². The highest BCUT2D eigenvalue weighted by atomic mass is 16.5. The van der Waals surface area contributed by atoms with Crippen molar-refractivity contribution in [1.29, 1.82) is 0 Å². The number of hydrazone groups is 2. The van der Waals surface area contributed by atoms with E-state index in [0.29, 0.717) is 42.1 Å². The van der Waals surface area contributed by atoms with Crippen molar-refractivity contribution in [2.75, 3.05) is 24.1 Å². The van der Waals surface area contributed by atoms with Crippen LogP contribution in [-0.4, -0.2) is 45.6 Å². The molecule has 4 rings (SSSR count). The van der Waals surface area contributed by atoms with Crippen LogP contribution in [0.25, 0.3) is 11.4 Å². The monoisotopic (exact) mass is 931 g/mol. The van der Waals surface area contributed by atoms with Crippen molar-refractivity contribution in [1.82, 2.24) is 19.9 Å². The number of aromatic nitrogens is 4. The van der Waals surface area contributed by atoms with Gasteiger partial charge in [-0.3, -0.25) is 20.8 Å². The Kier molecular flexibility index (Phi) is 32.0. The first-order valence-corrected chi connectivity index (χ1v) is 27.4. The van der Waals surface area contributed by atoms with Gasteiger partial charge >= 0.3 is 0 Å². The van der Waals surface area contributed by atoms with Gasteiger partial charge in [-0.1, -0.05) is 237 Å². The van der Waals surface area contributed by atoms with Crippen LogP contribution in [0.3, 0.4) is 0 Å². The second-order valence-corrected chi connectivity index (χ2v) is 18.7. The number of hydrogen-bond donors (Lipinski definition) is 2. The Labute approximate surface area is 412 Å². The number of pyridine rings is 2. The van der Waals surface area contributed by atoms with Crippen molar-refractivity contribution in [3.63, 3.8) is 0 Å². The van der Waals surface area contributed by atoms with Crippen LogP contribution in [0.15, 0.2) is 83.3 Å². The molecule has 3 heterocycles. The molecule has 2 N–H and O–H groups in total. The average molecular weight is 931 g/mol. The number of nitrogens with zero attached hydrogens (tertiary/aromatic N) is 6. The molecule has 68 heavy (non-hydrogen) atoms. The molecule has 0 aliphatic heterocycles. The predicted octanol–water partition coefficient (Wildman–Crippen LogP) is 17.1. The van der Waals surface area contributed by atoms with Gasteiger partial charge in [-0.15, -0.1) is 0 Å². The third-order valence-corrected chi connectivity index (χ3v) is 12.6. The van der Waals surface area contributed by atoms with Crippen molar-refractivity contribution in [3.05, 3.63) is 84.4 Å². The van der Waals surface area contributed by atoms with Gasteiger partial charge in [0.1, 0.15) is 11.5 Å². The second kappa shape index (κ2) is 39.0. The number of hydrogen-bond acceptors (Lipinski definition) is 10. The molecule has 0 radical (unpaired) electrons. The minimum Gasteiger partial charge on any atom is -0.492 e. The molecule has 0 aliphatic rings. The van der Waals surface area contributed by atoms with Crippen molar-refractivity contribution in [2.45, 2.75) is 219 Å². The summed E-state index contributed by atoms with van der Waals surface area (Å²) in [5.74, 6) is 3.11. The number of benzene rings is 1. The van der Waals surface area contributed by atoms with Gasteiger partial charge in [-0.25, -0.2) is 9.97 Å². The molecular weight excluding hydrogens is 841 g/mol. The molecule has 3 aromatic heterocycles.